The molecule has 0 aliphatic heterocycles. The number of hydrogen-bond acceptors (Lipinski definition) is 8. The summed E-state index contributed by atoms with van der Waals surface area (Å²) in [5.74, 6) is -2.45. The topological polar surface area (TPSA) is 162 Å². The maximum Gasteiger partial charge on any atom is 0.309 e. The number of carboxylic acids is 1. The highest BCUT2D eigenvalue weighted by atomic mass is 16.6. The molecule has 5 N–H and O–H groups in total. The maximum absolute atomic E-state index is 12.9. The Morgan fingerprint density at radius 1 is 0.765 bits per heavy atom. The molecule has 34 heavy (non-hydrogen) atoms. The molecule has 0 heterocycles. The van der Waals surface area contributed by atoms with Gasteiger partial charge in [0.05, 0.1) is 12.5 Å². The van der Waals surface area contributed by atoms with Crippen LogP contribution in [0, 0.1) is 5.92 Å². The lowest BCUT2D eigenvalue weighted by Crippen LogP contribution is -2.50. The second-order valence-corrected chi connectivity index (χ2v) is 9.15. The van der Waals surface area contributed by atoms with Gasteiger partial charge in [-0.25, -0.2) is 0 Å². The van der Waals surface area contributed by atoms with Crippen molar-refractivity contribution in [2.24, 2.45) is 5.92 Å². The molecule has 0 spiro atoms. The predicted octanol–water partition coefficient (Wildman–Crippen LogP) is 2.74. The van der Waals surface area contributed by atoms with Crippen molar-refractivity contribution in [2.75, 3.05) is 6.61 Å². The van der Waals surface area contributed by atoms with Crippen LogP contribution in [0.15, 0.2) is 0 Å². The van der Waals surface area contributed by atoms with Crippen LogP contribution in [0.4, 0.5) is 0 Å². The van der Waals surface area contributed by atoms with E-state index < -0.39 is 54.7 Å². The Bertz CT molecular complexity index is 567. The van der Waals surface area contributed by atoms with Gasteiger partial charge < -0.3 is 30.3 Å². The highest BCUT2D eigenvalue weighted by molar-refractivity contribution is 5.84. The minimum Gasteiger partial charge on any atom is -0.481 e. The highest BCUT2D eigenvalue weighted by Crippen LogP contribution is 2.22. The first kappa shape index (κ1) is 32.5. The number of hydrogen-bond donors (Lipinski definition) is 5. The van der Waals surface area contributed by atoms with E-state index >= 15 is 0 Å². The minimum absolute atomic E-state index is 0.202. The van der Waals surface area contributed by atoms with Gasteiger partial charge in [0.2, 0.25) is 0 Å². The number of aliphatic hydroxyl groups is 4. The summed E-state index contributed by atoms with van der Waals surface area (Å²) in [5.41, 5.74) is 0. The third kappa shape index (κ3) is 14.7. The molecule has 0 aliphatic carbocycles. The summed E-state index contributed by atoms with van der Waals surface area (Å²) in [6.45, 7) is 2.42. The first-order chi connectivity index (χ1) is 16.1. The minimum atomic E-state index is -1.84. The van der Waals surface area contributed by atoms with Crippen molar-refractivity contribution in [1.82, 2.24) is 0 Å². The molecule has 0 fully saturated rings. The molecule has 0 rings (SSSR count). The molecule has 0 bridgehead atoms. The van der Waals surface area contributed by atoms with Crippen LogP contribution in [0.3, 0.4) is 0 Å². The average molecular weight is 491 g/mol. The first-order valence-corrected chi connectivity index (χ1v) is 12.7. The molecule has 0 radical (unpaired) electrons. The van der Waals surface area contributed by atoms with E-state index in [9.17, 15) is 29.7 Å². The lowest BCUT2D eigenvalue weighted by Gasteiger charge is -2.28. The fourth-order valence-electron chi connectivity index (χ4n) is 3.88. The maximum atomic E-state index is 12.9. The van der Waals surface area contributed by atoms with Gasteiger partial charge in [0, 0.05) is 6.42 Å². The Morgan fingerprint density at radius 3 is 1.74 bits per heavy atom. The van der Waals surface area contributed by atoms with E-state index in [2.05, 4.69) is 6.92 Å². The van der Waals surface area contributed by atoms with E-state index in [0.29, 0.717) is 19.3 Å². The van der Waals surface area contributed by atoms with Crippen LogP contribution in [0.1, 0.15) is 104 Å². The van der Waals surface area contributed by atoms with E-state index in [1.54, 1.807) is 0 Å². The third-order valence-electron chi connectivity index (χ3n) is 6.07. The fraction of sp³-hybridized carbons (Fsp3) is 0.880. The zero-order chi connectivity index (χ0) is 25.9. The molecular formula is C25H46O9. The number of carbonyl (C=O) groups is 3. The van der Waals surface area contributed by atoms with Crippen LogP contribution < -0.4 is 0 Å². The van der Waals surface area contributed by atoms with Crippen LogP contribution in [-0.2, 0) is 19.1 Å². The van der Waals surface area contributed by atoms with E-state index in [4.69, 9.17) is 14.9 Å². The summed E-state index contributed by atoms with van der Waals surface area (Å²) >= 11 is 0. The summed E-state index contributed by atoms with van der Waals surface area (Å²) in [4.78, 5) is 35.4. The summed E-state index contributed by atoms with van der Waals surface area (Å²) in [6, 6.07) is 0. The summed E-state index contributed by atoms with van der Waals surface area (Å²) in [5, 5.41) is 47.3. The third-order valence-corrected chi connectivity index (χ3v) is 6.07. The molecule has 0 amide bonds. The van der Waals surface area contributed by atoms with Crippen molar-refractivity contribution in [3.05, 3.63) is 0 Å². The predicted molar refractivity (Wildman–Crippen MR) is 127 cm³/mol. The van der Waals surface area contributed by atoms with Gasteiger partial charge in [-0.15, -0.1) is 0 Å². The molecule has 0 aromatic rings. The monoisotopic (exact) mass is 490 g/mol. The van der Waals surface area contributed by atoms with Crippen molar-refractivity contribution in [1.29, 1.82) is 0 Å². The van der Waals surface area contributed by atoms with E-state index in [-0.39, 0.29) is 6.42 Å². The summed E-state index contributed by atoms with van der Waals surface area (Å²) in [6.07, 6.45) is 4.69. The standard InChI is InChI=1S/C25H46O9/c1-3-4-5-11-14-19(15-12-9-7-6-8-10-13-16-21(29)30)25(33)34-24(18(2)27)23(32)22(31)20(28)17-26/h19-20,22-24,26,28,31-32H,3-17H2,1-2H3,(H,29,30)/t19?,20-,22-,23+,24+/m1/s1. The lowest BCUT2D eigenvalue weighted by molar-refractivity contribution is -0.175. The summed E-state index contributed by atoms with van der Waals surface area (Å²) in [7, 11) is 0. The Labute approximate surface area is 203 Å². The zero-order valence-corrected chi connectivity index (χ0v) is 20.9. The number of ketones is 1. The lowest BCUT2D eigenvalue weighted by atomic mass is 9.94. The van der Waals surface area contributed by atoms with E-state index in [1.165, 1.54) is 0 Å². The van der Waals surface area contributed by atoms with Gasteiger partial charge in [-0.1, -0.05) is 71.1 Å². The number of carboxylic acid groups (broad SMARTS) is 1. The van der Waals surface area contributed by atoms with Crippen molar-refractivity contribution >= 4 is 17.7 Å². The smallest absolute Gasteiger partial charge is 0.309 e. The molecule has 0 aliphatic rings. The zero-order valence-electron chi connectivity index (χ0n) is 20.9. The molecule has 1 unspecified atom stereocenters. The van der Waals surface area contributed by atoms with E-state index in [0.717, 1.165) is 71.1 Å². The van der Waals surface area contributed by atoms with Crippen molar-refractivity contribution < 1.29 is 44.7 Å². The molecule has 0 saturated heterocycles. The number of ether oxygens (including phenoxy) is 1. The van der Waals surface area contributed by atoms with Gasteiger partial charge in [0.25, 0.3) is 0 Å². The van der Waals surface area contributed by atoms with Crippen molar-refractivity contribution in [3.8, 4) is 0 Å². The number of aliphatic hydroxyl groups excluding tert-OH is 4. The number of aliphatic carboxylic acids is 1. The SMILES string of the molecule is CCCCCCC(CCCCCCCCCC(=O)O)C(=O)O[C@@H](C(C)=O)[C@@H](O)[C@H](O)[C@H](O)CO. The Morgan fingerprint density at radius 2 is 1.26 bits per heavy atom. The first-order valence-electron chi connectivity index (χ1n) is 12.7. The van der Waals surface area contributed by atoms with Gasteiger partial charge in [-0.2, -0.15) is 0 Å². The fourth-order valence-corrected chi connectivity index (χ4v) is 3.88. The molecule has 0 aromatic heterocycles. The van der Waals surface area contributed by atoms with Gasteiger partial charge in [-0.05, 0) is 26.2 Å². The van der Waals surface area contributed by atoms with Crippen LogP contribution in [0.5, 0.6) is 0 Å². The molecule has 0 saturated carbocycles. The van der Waals surface area contributed by atoms with E-state index in [1.807, 2.05) is 0 Å². The number of Topliss-reactive ketones (excluding diaryl/α,β-unsaturated/α-hetero) is 1. The van der Waals surface area contributed by atoms with Gasteiger partial charge in [-0.3, -0.25) is 14.4 Å². The number of rotatable bonds is 22. The molecule has 0 aromatic carbocycles. The van der Waals surface area contributed by atoms with Crippen molar-refractivity contribution in [3.63, 3.8) is 0 Å². The van der Waals surface area contributed by atoms with Crippen LogP contribution >= 0.6 is 0 Å². The molecule has 5 atom stereocenters. The molecule has 9 nitrogen and oxygen atoms in total. The second-order valence-electron chi connectivity index (χ2n) is 9.15. The largest absolute Gasteiger partial charge is 0.481 e. The Balaban J connectivity index is 4.75. The van der Waals surface area contributed by atoms with Gasteiger partial charge in [0.1, 0.15) is 18.3 Å². The molecule has 200 valence electrons. The Kier molecular flexibility index (Phi) is 18.8. The van der Waals surface area contributed by atoms with Crippen LogP contribution in [0.25, 0.3) is 0 Å². The van der Waals surface area contributed by atoms with Gasteiger partial charge >= 0.3 is 11.9 Å². The number of esters is 1. The van der Waals surface area contributed by atoms with Crippen LogP contribution in [-0.4, -0.2) is 74.3 Å². The van der Waals surface area contributed by atoms with Gasteiger partial charge in [0.15, 0.2) is 11.9 Å². The average Bonchev–Trinajstić information content (AvgIpc) is 2.80. The number of unbranched alkanes of at least 4 members (excludes halogenated alkanes) is 9. The second kappa shape index (κ2) is 19.7. The molecular weight excluding hydrogens is 444 g/mol. The quantitative estimate of drug-likeness (QED) is 0.113. The van der Waals surface area contributed by atoms with Crippen molar-refractivity contribution in [2.45, 2.75) is 128 Å². The normalized spacial score (nSPS) is 15.8. The summed E-state index contributed by atoms with van der Waals surface area (Å²) < 4.78 is 5.31. The molecule has 9 heteroatoms. The van der Waals surface area contributed by atoms with Crippen LogP contribution in [0.2, 0.25) is 0 Å². The number of carbonyl (C=O) groups excluding carboxylic acids is 2. The Hall–Kier alpha value is -1.55. The highest BCUT2D eigenvalue weighted by Gasteiger charge is 2.37.